The first kappa shape index (κ1) is 9.00. The molecule has 2 N–H and O–H groups in total. The molecule has 0 aliphatic carbocycles. The zero-order chi connectivity index (χ0) is 9.84. The third kappa shape index (κ3) is 1.93. The number of nitrogens with zero attached hydrogens (tertiary/aromatic N) is 1. The number of benzene rings is 1. The van der Waals surface area contributed by atoms with E-state index in [0.717, 1.165) is 18.2 Å². The summed E-state index contributed by atoms with van der Waals surface area (Å²) in [7, 11) is 0. The largest absolute Gasteiger partial charge is 0.478 e. The third-order valence-corrected chi connectivity index (χ3v) is 1.40. The fourth-order valence-corrected chi connectivity index (χ4v) is 0.814. The molecule has 0 fully saturated rings. The zero-order valence-electron chi connectivity index (χ0n) is 6.41. The average molecular weight is 180 g/mol. The van der Waals surface area contributed by atoms with E-state index in [1.807, 2.05) is 5.32 Å². The number of rotatable bonds is 2. The van der Waals surface area contributed by atoms with E-state index in [2.05, 4.69) is 0 Å². The van der Waals surface area contributed by atoms with Crippen LogP contribution >= 0.6 is 0 Å². The number of halogens is 1. The summed E-state index contributed by atoms with van der Waals surface area (Å²) in [5.41, 5.74) is -0.207. The maximum Gasteiger partial charge on any atom is 0.335 e. The van der Waals surface area contributed by atoms with Gasteiger partial charge < -0.3 is 5.11 Å². The fraction of sp³-hybridized carbons (Fsp3) is 0. The number of hydrogen-bond donors (Lipinski definition) is 2. The lowest BCUT2D eigenvalue weighted by Gasteiger charge is -2.00. The van der Waals surface area contributed by atoms with Crippen molar-refractivity contribution in [2.45, 2.75) is 0 Å². The van der Waals surface area contributed by atoms with Gasteiger partial charge in [0.1, 0.15) is 5.82 Å². The highest BCUT2D eigenvalue weighted by Crippen LogP contribution is 2.15. The van der Waals surface area contributed by atoms with E-state index in [1.165, 1.54) is 6.19 Å². The van der Waals surface area contributed by atoms with Gasteiger partial charge in [-0.25, -0.2) is 9.18 Å². The summed E-state index contributed by atoms with van der Waals surface area (Å²) in [4.78, 5) is 10.4. The predicted molar refractivity (Wildman–Crippen MR) is 42.6 cm³/mol. The molecular formula is C8H5FN2O2. The molecule has 13 heavy (non-hydrogen) atoms. The Morgan fingerprint density at radius 3 is 2.85 bits per heavy atom. The SMILES string of the molecule is N#CNc1cc(C(=O)O)ccc1F. The van der Waals surface area contributed by atoms with Crippen LogP contribution in [-0.2, 0) is 0 Å². The van der Waals surface area contributed by atoms with Crippen LogP contribution in [0.25, 0.3) is 0 Å². The summed E-state index contributed by atoms with van der Waals surface area (Å²) in [6.45, 7) is 0. The van der Waals surface area contributed by atoms with Crippen LogP contribution in [0.2, 0.25) is 0 Å². The first-order valence-electron chi connectivity index (χ1n) is 3.33. The van der Waals surface area contributed by atoms with E-state index in [0.29, 0.717) is 0 Å². The van der Waals surface area contributed by atoms with Gasteiger partial charge in [0, 0.05) is 0 Å². The Bertz CT molecular complexity index is 384. The average Bonchev–Trinajstić information content (AvgIpc) is 2.08. The molecule has 5 heteroatoms. The van der Waals surface area contributed by atoms with Crippen LogP contribution in [0, 0.1) is 17.3 Å². The highest BCUT2D eigenvalue weighted by atomic mass is 19.1. The number of nitriles is 1. The minimum atomic E-state index is -1.17. The summed E-state index contributed by atoms with van der Waals surface area (Å²) in [5, 5.41) is 18.8. The molecule has 0 amide bonds. The lowest BCUT2D eigenvalue weighted by Crippen LogP contribution is -1.99. The molecule has 0 aliphatic rings. The molecule has 66 valence electrons. The number of carbonyl (C=O) groups is 1. The third-order valence-electron chi connectivity index (χ3n) is 1.40. The van der Waals surface area contributed by atoms with Crippen LogP contribution in [0.4, 0.5) is 10.1 Å². The van der Waals surface area contributed by atoms with Gasteiger partial charge in [0.2, 0.25) is 0 Å². The highest BCUT2D eigenvalue weighted by Gasteiger charge is 2.07. The number of carboxylic acid groups (broad SMARTS) is 1. The maximum absolute atomic E-state index is 12.8. The molecule has 0 spiro atoms. The molecule has 1 aromatic rings. The highest BCUT2D eigenvalue weighted by molar-refractivity contribution is 5.88. The monoisotopic (exact) mass is 180 g/mol. The Labute approximate surface area is 73.2 Å². The number of hydrogen-bond acceptors (Lipinski definition) is 3. The van der Waals surface area contributed by atoms with Crippen molar-refractivity contribution in [2.75, 3.05) is 5.32 Å². The second-order valence-corrected chi connectivity index (χ2v) is 2.24. The van der Waals surface area contributed by atoms with Gasteiger partial charge in [0.05, 0.1) is 11.3 Å². The van der Waals surface area contributed by atoms with E-state index in [9.17, 15) is 9.18 Å². The molecular weight excluding hydrogens is 175 g/mol. The normalized spacial score (nSPS) is 8.92. The number of nitrogens with one attached hydrogen (secondary N) is 1. The van der Waals surface area contributed by atoms with Crippen LogP contribution in [0.5, 0.6) is 0 Å². The molecule has 0 unspecified atom stereocenters. The van der Waals surface area contributed by atoms with Gasteiger partial charge in [-0.1, -0.05) is 0 Å². The van der Waals surface area contributed by atoms with E-state index in [-0.39, 0.29) is 11.3 Å². The minimum Gasteiger partial charge on any atom is -0.478 e. The van der Waals surface area contributed by atoms with Crippen LogP contribution in [0.15, 0.2) is 18.2 Å². The standard InChI is InChI=1S/C8H5FN2O2/c9-6-2-1-5(8(12)13)3-7(6)11-4-10/h1-3,11H,(H,12,13). The molecule has 0 saturated heterocycles. The minimum absolute atomic E-state index is 0.0702. The second kappa shape index (κ2) is 3.54. The molecule has 0 aromatic heterocycles. The lowest BCUT2D eigenvalue weighted by molar-refractivity contribution is 0.0697. The molecule has 0 radical (unpaired) electrons. The van der Waals surface area contributed by atoms with Crippen molar-refractivity contribution in [3.05, 3.63) is 29.6 Å². The maximum atomic E-state index is 12.8. The van der Waals surface area contributed by atoms with Gasteiger partial charge >= 0.3 is 5.97 Å². The second-order valence-electron chi connectivity index (χ2n) is 2.24. The summed E-state index contributed by atoms with van der Waals surface area (Å²) >= 11 is 0. The topological polar surface area (TPSA) is 73.1 Å². The van der Waals surface area contributed by atoms with Gasteiger partial charge in [0.25, 0.3) is 0 Å². The first-order valence-corrected chi connectivity index (χ1v) is 3.33. The molecule has 0 bridgehead atoms. The van der Waals surface area contributed by atoms with E-state index < -0.39 is 11.8 Å². The Morgan fingerprint density at radius 2 is 2.31 bits per heavy atom. The van der Waals surface area contributed by atoms with Crippen molar-refractivity contribution in [1.29, 1.82) is 5.26 Å². The van der Waals surface area contributed by atoms with Crippen molar-refractivity contribution in [3.63, 3.8) is 0 Å². The van der Waals surface area contributed by atoms with Crippen molar-refractivity contribution >= 4 is 11.7 Å². The Morgan fingerprint density at radius 1 is 1.62 bits per heavy atom. The first-order chi connectivity index (χ1) is 6.15. The van der Waals surface area contributed by atoms with Crippen molar-refractivity contribution < 1.29 is 14.3 Å². The Kier molecular flexibility index (Phi) is 2.45. The lowest BCUT2D eigenvalue weighted by atomic mass is 10.2. The zero-order valence-corrected chi connectivity index (χ0v) is 6.41. The van der Waals surface area contributed by atoms with Gasteiger partial charge in [-0.15, -0.1) is 0 Å². The summed E-state index contributed by atoms with van der Waals surface area (Å²) < 4.78 is 12.8. The molecule has 0 heterocycles. The van der Waals surface area contributed by atoms with Crippen LogP contribution < -0.4 is 5.32 Å². The van der Waals surface area contributed by atoms with Crippen molar-refractivity contribution in [1.82, 2.24) is 0 Å². The number of aromatic carboxylic acids is 1. The quantitative estimate of drug-likeness (QED) is 0.533. The Hall–Kier alpha value is -2.09. The van der Waals surface area contributed by atoms with Crippen molar-refractivity contribution in [3.8, 4) is 6.19 Å². The number of anilines is 1. The number of carboxylic acids is 1. The Balaban J connectivity index is 3.12. The molecule has 4 nitrogen and oxygen atoms in total. The summed E-state index contributed by atoms with van der Waals surface area (Å²) in [6, 6.07) is 3.17. The fourth-order valence-electron chi connectivity index (χ4n) is 0.814. The molecule has 1 rings (SSSR count). The molecule has 1 aromatic carbocycles. The molecule has 0 saturated carbocycles. The summed E-state index contributed by atoms with van der Waals surface area (Å²) in [6.07, 6.45) is 1.51. The van der Waals surface area contributed by atoms with E-state index >= 15 is 0 Å². The van der Waals surface area contributed by atoms with E-state index in [4.69, 9.17) is 10.4 Å². The van der Waals surface area contributed by atoms with Gasteiger partial charge in [-0.2, -0.15) is 5.26 Å². The summed E-state index contributed by atoms with van der Waals surface area (Å²) in [5.74, 6) is -1.83. The van der Waals surface area contributed by atoms with Crippen LogP contribution in [0.3, 0.4) is 0 Å². The molecule has 0 aliphatic heterocycles. The van der Waals surface area contributed by atoms with Crippen molar-refractivity contribution in [2.24, 2.45) is 0 Å². The van der Waals surface area contributed by atoms with Crippen LogP contribution in [0.1, 0.15) is 10.4 Å². The van der Waals surface area contributed by atoms with Crippen LogP contribution in [-0.4, -0.2) is 11.1 Å². The van der Waals surface area contributed by atoms with E-state index in [1.54, 1.807) is 0 Å². The predicted octanol–water partition coefficient (Wildman–Crippen LogP) is 1.42. The van der Waals surface area contributed by atoms with Gasteiger partial charge in [-0.05, 0) is 18.2 Å². The van der Waals surface area contributed by atoms with Gasteiger partial charge in [-0.3, -0.25) is 5.32 Å². The smallest absolute Gasteiger partial charge is 0.335 e. The van der Waals surface area contributed by atoms with Gasteiger partial charge in [0.15, 0.2) is 6.19 Å². The molecule has 0 atom stereocenters.